The van der Waals surface area contributed by atoms with Gasteiger partial charge in [-0.15, -0.1) is 0 Å². The molecule has 1 heterocycles. The fourth-order valence-electron chi connectivity index (χ4n) is 3.77. The van der Waals surface area contributed by atoms with Crippen LogP contribution >= 0.6 is 0 Å². The lowest BCUT2D eigenvalue weighted by atomic mass is 10.1. The minimum absolute atomic E-state index is 0.00131. The van der Waals surface area contributed by atoms with Crippen molar-refractivity contribution < 1.29 is 9.59 Å². The summed E-state index contributed by atoms with van der Waals surface area (Å²) in [5, 5.41) is 4.08. The Morgan fingerprint density at radius 3 is 2.56 bits per heavy atom. The lowest BCUT2D eigenvalue weighted by Gasteiger charge is -2.12. The molecule has 0 aliphatic heterocycles. The fraction of sp³-hybridized carbons (Fsp3) is 0.455. The van der Waals surface area contributed by atoms with Crippen LogP contribution in [0.2, 0.25) is 0 Å². The summed E-state index contributed by atoms with van der Waals surface area (Å²) >= 11 is 0. The summed E-state index contributed by atoms with van der Waals surface area (Å²) in [4.78, 5) is 26.3. The molecule has 0 saturated heterocycles. The van der Waals surface area contributed by atoms with Gasteiger partial charge >= 0.3 is 0 Å². The maximum atomic E-state index is 12.7. The molecule has 144 valence electrons. The van der Waals surface area contributed by atoms with Gasteiger partial charge in [0.1, 0.15) is 6.54 Å². The third kappa shape index (κ3) is 3.77. The van der Waals surface area contributed by atoms with Crippen molar-refractivity contribution in [1.29, 1.82) is 0 Å². The van der Waals surface area contributed by atoms with Gasteiger partial charge in [0, 0.05) is 36.9 Å². The van der Waals surface area contributed by atoms with E-state index in [2.05, 4.69) is 39.1 Å². The number of aromatic nitrogens is 1. The first kappa shape index (κ1) is 19.2. The Hall–Kier alpha value is -2.56. The first-order valence-corrected chi connectivity index (χ1v) is 9.36. The van der Waals surface area contributed by atoms with Crippen molar-refractivity contribution in [1.82, 2.24) is 9.47 Å². The van der Waals surface area contributed by atoms with E-state index in [1.54, 1.807) is 19.0 Å². The average Bonchev–Trinajstić information content (AvgIpc) is 2.91. The summed E-state index contributed by atoms with van der Waals surface area (Å²) < 4.78 is 1.93. The molecule has 1 saturated carbocycles. The topological polar surface area (TPSA) is 54.3 Å². The van der Waals surface area contributed by atoms with Crippen LogP contribution in [0.3, 0.4) is 0 Å². The summed E-state index contributed by atoms with van der Waals surface area (Å²) in [6.45, 7) is 8.74. The number of nitrogens with zero attached hydrogens (tertiary/aromatic N) is 2. The molecular weight excluding hydrogens is 338 g/mol. The van der Waals surface area contributed by atoms with Crippen molar-refractivity contribution in [3.05, 3.63) is 42.1 Å². The van der Waals surface area contributed by atoms with E-state index in [-0.39, 0.29) is 23.1 Å². The highest BCUT2D eigenvalue weighted by molar-refractivity contribution is 5.97. The van der Waals surface area contributed by atoms with E-state index < -0.39 is 0 Å². The summed E-state index contributed by atoms with van der Waals surface area (Å²) in [5.41, 5.74) is 3.03. The third-order valence-corrected chi connectivity index (χ3v) is 5.55. The molecule has 1 fully saturated rings. The average molecular weight is 367 g/mol. The zero-order valence-electron chi connectivity index (χ0n) is 17.0. The highest BCUT2D eigenvalue weighted by atomic mass is 16.2. The van der Waals surface area contributed by atoms with Crippen LogP contribution in [0.4, 0.5) is 5.69 Å². The lowest BCUT2D eigenvalue weighted by molar-refractivity contribution is -0.129. The Bertz CT molecular complexity index is 917. The number of carbonyl (C=O) groups excluding carboxylic acids is 2. The molecule has 5 nitrogen and oxygen atoms in total. The van der Waals surface area contributed by atoms with Gasteiger partial charge in [0.2, 0.25) is 11.8 Å². The molecule has 1 aliphatic carbocycles. The molecule has 3 rings (SSSR count). The maximum Gasteiger partial charge on any atom is 0.241 e. The third-order valence-electron chi connectivity index (χ3n) is 5.55. The number of nitrogens with one attached hydrogen (secondary N) is 1. The van der Waals surface area contributed by atoms with Gasteiger partial charge in [-0.1, -0.05) is 25.5 Å². The number of rotatable bonds is 5. The van der Waals surface area contributed by atoms with Gasteiger partial charge in [0.15, 0.2) is 0 Å². The molecule has 0 unspecified atom stereocenters. The largest absolute Gasteiger partial charge is 0.347 e. The van der Waals surface area contributed by atoms with Crippen LogP contribution in [-0.4, -0.2) is 35.4 Å². The molecule has 5 heteroatoms. The van der Waals surface area contributed by atoms with E-state index in [0.717, 1.165) is 16.6 Å². The highest BCUT2D eigenvalue weighted by Crippen LogP contribution is 2.59. The number of allylic oxidation sites excluding steroid dienone is 2. The number of fused-ring (bicyclic) bond motifs is 1. The number of amides is 2. The van der Waals surface area contributed by atoms with Crippen molar-refractivity contribution >= 4 is 28.4 Å². The van der Waals surface area contributed by atoms with Gasteiger partial charge < -0.3 is 14.8 Å². The Morgan fingerprint density at radius 1 is 1.22 bits per heavy atom. The van der Waals surface area contributed by atoms with E-state index in [0.29, 0.717) is 12.5 Å². The van der Waals surface area contributed by atoms with Crippen LogP contribution in [0, 0.1) is 17.3 Å². The fourth-order valence-corrected chi connectivity index (χ4v) is 3.77. The monoisotopic (exact) mass is 367 g/mol. The second kappa shape index (κ2) is 6.87. The summed E-state index contributed by atoms with van der Waals surface area (Å²) in [5.74, 6) is 0.421. The Morgan fingerprint density at radius 2 is 1.93 bits per heavy atom. The van der Waals surface area contributed by atoms with Crippen molar-refractivity contribution in [3.8, 4) is 0 Å². The van der Waals surface area contributed by atoms with E-state index >= 15 is 0 Å². The van der Waals surface area contributed by atoms with Crippen LogP contribution in [0.25, 0.3) is 10.9 Å². The SMILES string of the molecule is CC(C)=C[C@H]1[C@@H](C(=O)Nc2ccc3c(ccn3CC(=O)N(C)C)c2)C1(C)C. The van der Waals surface area contributed by atoms with Gasteiger partial charge in [-0.3, -0.25) is 9.59 Å². The molecule has 1 aromatic carbocycles. The standard InChI is InChI=1S/C22H29N3O2/c1-14(2)11-17-20(22(17,3)4)21(27)23-16-7-8-18-15(12-16)9-10-25(18)13-19(26)24(5)6/h7-12,17,20H,13H2,1-6H3,(H,23,27)/t17-,20-/m0/s1. The maximum absolute atomic E-state index is 12.7. The predicted molar refractivity (Wildman–Crippen MR) is 109 cm³/mol. The van der Waals surface area contributed by atoms with Crippen molar-refractivity contribution in [2.75, 3.05) is 19.4 Å². The van der Waals surface area contributed by atoms with Crippen LogP contribution in [-0.2, 0) is 16.1 Å². The molecule has 2 aromatic rings. The normalized spacial score (nSPS) is 20.2. The number of likely N-dealkylation sites (N-methyl/N-ethyl adjacent to an activating group) is 1. The first-order chi connectivity index (χ1) is 12.6. The van der Waals surface area contributed by atoms with Crippen LogP contribution < -0.4 is 5.32 Å². The lowest BCUT2D eigenvalue weighted by Crippen LogP contribution is -2.25. The van der Waals surface area contributed by atoms with Crippen molar-refractivity contribution in [3.63, 3.8) is 0 Å². The Balaban J connectivity index is 1.74. The second-order valence-electron chi connectivity index (χ2n) is 8.56. The molecular formula is C22H29N3O2. The summed E-state index contributed by atoms with van der Waals surface area (Å²) in [7, 11) is 3.51. The van der Waals surface area contributed by atoms with E-state index in [4.69, 9.17) is 0 Å². The van der Waals surface area contributed by atoms with Gasteiger partial charge in [-0.2, -0.15) is 0 Å². The molecule has 2 atom stereocenters. The minimum Gasteiger partial charge on any atom is -0.347 e. The minimum atomic E-state index is 0.00131. The molecule has 1 aliphatic rings. The van der Waals surface area contributed by atoms with Gasteiger partial charge in [0.25, 0.3) is 0 Å². The Kier molecular flexibility index (Phi) is 4.89. The first-order valence-electron chi connectivity index (χ1n) is 9.36. The molecule has 0 spiro atoms. The summed E-state index contributed by atoms with van der Waals surface area (Å²) in [6, 6.07) is 7.80. The number of anilines is 1. The molecule has 0 radical (unpaired) electrons. The van der Waals surface area contributed by atoms with Gasteiger partial charge in [-0.05, 0) is 49.4 Å². The van der Waals surface area contributed by atoms with E-state index in [1.165, 1.54) is 5.57 Å². The molecule has 0 bridgehead atoms. The van der Waals surface area contributed by atoms with Crippen LogP contribution in [0.5, 0.6) is 0 Å². The zero-order valence-corrected chi connectivity index (χ0v) is 17.0. The molecule has 1 N–H and O–H groups in total. The molecule has 1 aromatic heterocycles. The summed E-state index contributed by atoms with van der Waals surface area (Å²) in [6.07, 6.45) is 4.11. The van der Waals surface area contributed by atoms with Crippen molar-refractivity contribution in [2.45, 2.75) is 34.2 Å². The van der Waals surface area contributed by atoms with Gasteiger partial charge in [0.05, 0.1) is 5.92 Å². The number of carbonyl (C=O) groups is 2. The Labute approximate surface area is 161 Å². The number of hydrogen-bond acceptors (Lipinski definition) is 2. The smallest absolute Gasteiger partial charge is 0.241 e. The van der Waals surface area contributed by atoms with Gasteiger partial charge in [-0.25, -0.2) is 0 Å². The zero-order chi connectivity index (χ0) is 19.9. The van der Waals surface area contributed by atoms with Crippen LogP contribution in [0.15, 0.2) is 42.1 Å². The predicted octanol–water partition coefficient (Wildman–Crippen LogP) is 3.91. The number of hydrogen-bond donors (Lipinski definition) is 1. The second-order valence-corrected chi connectivity index (χ2v) is 8.56. The van der Waals surface area contributed by atoms with E-state index in [1.807, 2.05) is 35.0 Å². The quantitative estimate of drug-likeness (QED) is 0.815. The highest BCUT2D eigenvalue weighted by Gasteiger charge is 2.60. The van der Waals surface area contributed by atoms with Crippen LogP contribution in [0.1, 0.15) is 27.7 Å². The molecule has 27 heavy (non-hydrogen) atoms. The van der Waals surface area contributed by atoms with E-state index in [9.17, 15) is 9.59 Å². The number of benzene rings is 1. The van der Waals surface area contributed by atoms with Crippen molar-refractivity contribution in [2.24, 2.45) is 17.3 Å². The molecule has 2 amide bonds.